The second-order valence-corrected chi connectivity index (χ2v) is 3.87. The molecule has 0 saturated heterocycles. The highest BCUT2D eigenvalue weighted by Gasteiger charge is 2.19. The first-order chi connectivity index (χ1) is 7.45. The van der Waals surface area contributed by atoms with E-state index in [1.807, 2.05) is 0 Å². The summed E-state index contributed by atoms with van der Waals surface area (Å²) < 4.78 is 25.4. The van der Waals surface area contributed by atoms with Crippen molar-refractivity contribution in [2.75, 3.05) is 0 Å². The van der Waals surface area contributed by atoms with E-state index in [2.05, 4.69) is 15.9 Å². The van der Waals surface area contributed by atoms with E-state index in [0.717, 1.165) is 0 Å². The zero-order valence-electron chi connectivity index (χ0n) is 7.88. The van der Waals surface area contributed by atoms with E-state index in [0.29, 0.717) is 0 Å². The molecule has 0 aliphatic rings. The van der Waals surface area contributed by atoms with Crippen LogP contribution in [0.25, 0.3) is 0 Å². The summed E-state index contributed by atoms with van der Waals surface area (Å²) in [6, 6.07) is 4.19. The Bertz CT molecular complexity index is 469. The van der Waals surface area contributed by atoms with Crippen molar-refractivity contribution >= 4 is 21.9 Å². The van der Waals surface area contributed by atoms with Crippen LogP contribution in [-0.2, 0) is 11.2 Å². The molecule has 1 N–H and O–H groups in total. The number of aliphatic carboxylic acids is 1. The minimum Gasteiger partial charge on any atom is -0.481 e. The van der Waals surface area contributed by atoms with Crippen LogP contribution in [0.5, 0.6) is 0 Å². The van der Waals surface area contributed by atoms with Gasteiger partial charge in [-0.25, -0.2) is 8.78 Å². The predicted octanol–water partition coefficient (Wildman–Crippen LogP) is 2.89. The normalized spacial score (nSPS) is 10.2. The molecule has 16 heavy (non-hydrogen) atoms. The Hall–Kier alpha value is -1.48. The molecule has 0 saturated carbocycles. The lowest BCUT2D eigenvalue weighted by atomic mass is 10.0. The van der Waals surface area contributed by atoms with Gasteiger partial charge in [-0.15, -0.1) is 0 Å². The van der Waals surface area contributed by atoms with Gasteiger partial charge in [-0.3, -0.25) is 4.79 Å². The van der Waals surface area contributed by atoms with Gasteiger partial charge >= 0.3 is 5.97 Å². The monoisotopic (exact) mass is 289 g/mol. The standard InChI is InChI=1S/C10H6BrF2NO2/c11-7-2-5(4-14)1-6(3-8(15)16)9(7)10(12)13/h1-2,10H,3H2,(H,15,16). The summed E-state index contributed by atoms with van der Waals surface area (Å²) in [4.78, 5) is 10.5. The third-order valence-corrected chi connectivity index (χ3v) is 2.56. The van der Waals surface area contributed by atoms with Crippen LogP contribution in [0.1, 0.15) is 23.1 Å². The SMILES string of the molecule is N#Cc1cc(Br)c(C(F)F)c(CC(=O)O)c1. The van der Waals surface area contributed by atoms with Crippen LogP contribution in [0, 0.1) is 11.3 Å². The van der Waals surface area contributed by atoms with E-state index >= 15 is 0 Å². The molecule has 1 rings (SSSR count). The molecule has 0 bridgehead atoms. The molecule has 0 unspecified atom stereocenters. The molecule has 0 aromatic heterocycles. The molecule has 0 aliphatic heterocycles. The van der Waals surface area contributed by atoms with Gasteiger partial charge in [0.25, 0.3) is 6.43 Å². The third-order valence-electron chi connectivity index (χ3n) is 1.90. The van der Waals surface area contributed by atoms with Crippen LogP contribution < -0.4 is 0 Å². The molecular weight excluding hydrogens is 284 g/mol. The fourth-order valence-corrected chi connectivity index (χ4v) is 1.97. The van der Waals surface area contributed by atoms with Gasteiger partial charge < -0.3 is 5.11 Å². The first-order valence-corrected chi connectivity index (χ1v) is 4.97. The number of carboxylic acid groups (broad SMARTS) is 1. The largest absolute Gasteiger partial charge is 0.481 e. The molecule has 0 atom stereocenters. The number of halogens is 3. The molecule has 84 valence electrons. The summed E-state index contributed by atoms with van der Waals surface area (Å²) in [7, 11) is 0. The second-order valence-electron chi connectivity index (χ2n) is 3.01. The highest BCUT2D eigenvalue weighted by molar-refractivity contribution is 9.10. The molecule has 1 aromatic rings. The Morgan fingerprint density at radius 1 is 1.56 bits per heavy atom. The summed E-state index contributed by atoms with van der Waals surface area (Å²) in [5.41, 5.74) is -0.276. The highest BCUT2D eigenvalue weighted by Crippen LogP contribution is 2.32. The Kier molecular flexibility index (Phi) is 3.96. The summed E-state index contributed by atoms with van der Waals surface area (Å²) in [6.07, 6.45) is -3.31. The summed E-state index contributed by atoms with van der Waals surface area (Å²) in [6.45, 7) is 0. The third kappa shape index (κ3) is 2.76. The Labute approximate surface area is 98.4 Å². The number of nitriles is 1. The first kappa shape index (κ1) is 12.6. The maximum absolute atomic E-state index is 12.7. The molecule has 0 fully saturated rings. The van der Waals surface area contributed by atoms with Crippen LogP contribution in [0.3, 0.4) is 0 Å². The van der Waals surface area contributed by atoms with Crippen molar-refractivity contribution in [1.82, 2.24) is 0 Å². The topological polar surface area (TPSA) is 61.1 Å². The number of nitrogens with zero attached hydrogens (tertiary/aromatic N) is 1. The molecule has 3 nitrogen and oxygen atoms in total. The minimum absolute atomic E-state index is 0.0478. The summed E-state index contributed by atoms with van der Waals surface area (Å²) in [5.74, 6) is -1.22. The zero-order valence-corrected chi connectivity index (χ0v) is 9.46. The fourth-order valence-electron chi connectivity index (χ4n) is 1.29. The van der Waals surface area contributed by atoms with Crippen molar-refractivity contribution in [3.63, 3.8) is 0 Å². The maximum Gasteiger partial charge on any atom is 0.307 e. The van der Waals surface area contributed by atoms with E-state index < -0.39 is 18.8 Å². The predicted molar refractivity (Wildman–Crippen MR) is 55.2 cm³/mol. The maximum atomic E-state index is 12.7. The van der Waals surface area contributed by atoms with Crippen LogP contribution in [0.4, 0.5) is 8.78 Å². The molecule has 0 amide bonds. The second kappa shape index (κ2) is 5.03. The molecule has 1 aromatic carbocycles. The van der Waals surface area contributed by atoms with Gasteiger partial charge in [0, 0.05) is 10.0 Å². The smallest absolute Gasteiger partial charge is 0.307 e. The number of hydrogen-bond donors (Lipinski definition) is 1. The lowest BCUT2D eigenvalue weighted by Gasteiger charge is -2.09. The Morgan fingerprint density at radius 3 is 2.62 bits per heavy atom. The van der Waals surface area contributed by atoms with E-state index in [1.165, 1.54) is 12.1 Å². The number of hydrogen-bond acceptors (Lipinski definition) is 2. The van der Waals surface area contributed by atoms with Gasteiger partial charge in [-0.2, -0.15) is 5.26 Å². The van der Waals surface area contributed by atoms with Gasteiger partial charge in [-0.05, 0) is 17.7 Å². The van der Waals surface area contributed by atoms with Crippen molar-refractivity contribution in [2.24, 2.45) is 0 Å². The van der Waals surface area contributed by atoms with Crippen LogP contribution >= 0.6 is 15.9 Å². The average molecular weight is 290 g/mol. The van der Waals surface area contributed by atoms with Gasteiger partial charge in [0.05, 0.1) is 18.1 Å². The van der Waals surface area contributed by atoms with Crippen LogP contribution in [0.15, 0.2) is 16.6 Å². The van der Waals surface area contributed by atoms with Crippen molar-refractivity contribution in [3.05, 3.63) is 33.3 Å². The summed E-state index contributed by atoms with van der Waals surface area (Å²) in [5, 5.41) is 17.2. The first-order valence-electron chi connectivity index (χ1n) is 4.18. The summed E-state index contributed by atoms with van der Waals surface area (Å²) >= 11 is 2.91. The van der Waals surface area contributed by atoms with Gasteiger partial charge in [-0.1, -0.05) is 15.9 Å². The van der Waals surface area contributed by atoms with E-state index in [-0.39, 0.29) is 21.2 Å². The Morgan fingerprint density at radius 2 is 2.19 bits per heavy atom. The molecular formula is C10H6BrF2NO2. The molecule has 6 heteroatoms. The minimum atomic E-state index is -2.78. The highest BCUT2D eigenvalue weighted by atomic mass is 79.9. The van der Waals surface area contributed by atoms with Crippen molar-refractivity contribution in [2.45, 2.75) is 12.8 Å². The van der Waals surface area contributed by atoms with E-state index in [1.54, 1.807) is 6.07 Å². The quantitative estimate of drug-likeness (QED) is 0.931. The van der Waals surface area contributed by atoms with Gasteiger partial charge in [0.1, 0.15) is 0 Å². The van der Waals surface area contributed by atoms with E-state index in [4.69, 9.17) is 10.4 Å². The Balaban J connectivity index is 3.35. The lowest BCUT2D eigenvalue weighted by Crippen LogP contribution is -2.05. The number of alkyl halides is 2. The van der Waals surface area contributed by atoms with Crippen LogP contribution in [0.2, 0.25) is 0 Å². The number of carboxylic acids is 1. The van der Waals surface area contributed by atoms with Gasteiger partial charge in [0.15, 0.2) is 0 Å². The fraction of sp³-hybridized carbons (Fsp3) is 0.200. The molecule has 0 spiro atoms. The van der Waals surface area contributed by atoms with E-state index in [9.17, 15) is 13.6 Å². The molecule has 0 aliphatic carbocycles. The van der Waals surface area contributed by atoms with Gasteiger partial charge in [0.2, 0.25) is 0 Å². The number of rotatable bonds is 3. The zero-order chi connectivity index (χ0) is 12.3. The van der Waals surface area contributed by atoms with Crippen molar-refractivity contribution < 1.29 is 18.7 Å². The van der Waals surface area contributed by atoms with Crippen molar-refractivity contribution in [1.29, 1.82) is 5.26 Å². The van der Waals surface area contributed by atoms with Crippen molar-refractivity contribution in [3.8, 4) is 6.07 Å². The average Bonchev–Trinajstić information content (AvgIpc) is 2.14. The lowest BCUT2D eigenvalue weighted by molar-refractivity contribution is -0.136. The molecule has 0 radical (unpaired) electrons. The molecule has 0 heterocycles. The number of carbonyl (C=O) groups is 1. The van der Waals surface area contributed by atoms with Crippen LogP contribution in [-0.4, -0.2) is 11.1 Å². The number of benzene rings is 1.